The topological polar surface area (TPSA) is 97.8 Å². The van der Waals surface area contributed by atoms with Gasteiger partial charge < -0.3 is 19.7 Å². The average Bonchev–Trinajstić information content (AvgIpc) is 3.52. The molecule has 0 bridgehead atoms. The van der Waals surface area contributed by atoms with E-state index in [4.69, 9.17) is 9.47 Å². The van der Waals surface area contributed by atoms with Gasteiger partial charge in [-0.05, 0) is 59.2 Å². The highest BCUT2D eigenvalue weighted by atomic mass is 16.5. The van der Waals surface area contributed by atoms with E-state index in [0.717, 1.165) is 11.1 Å². The molecule has 4 aromatic rings. The predicted molar refractivity (Wildman–Crippen MR) is 157 cm³/mol. The van der Waals surface area contributed by atoms with Crippen molar-refractivity contribution in [2.75, 3.05) is 19.5 Å². The lowest BCUT2D eigenvalue weighted by molar-refractivity contribution is -0.122. The average molecular weight is 558 g/mol. The molecule has 0 saturated carbocycles. The number of benzene rings is 3. The Labute approximate surface area is 242 Å². The number of Topliss-reactive ketones (excluding diaryl/α,β-unsaturated/α-hetero) is 2. The van der Waals surface area contributed by atoms with Crippen LogP contribution in [0.2, 0.25) is 0 Å². The van der Waals surface area contributed by atoms with E-state index in [9.17, 15) is 14.4 Å². The Balaban J connectivity index is 1.52. The SMILES string of the molecule is COc1ccc(C(=O)[C@@H]2[C@@H](C(=O)c3ccncc3)[C@]3(C(=O)Nc4ccccc43)[C@H]3c4ccccc4C=CN23)cc1OC. The smallest absolute Gasteiger partial charge is 0.238 e. The number of methoxy groups -OCH3 is 2. The lowest BCUT2D eigenvalue weighted by Gasteiger charge is -2.38. The number of aromatic nitrogens is 1. The highest BCUT2D eigenvalue weighted by Crippen LogP contribution is 2.62. The number of pyridine rings is 1. The first-order chi connectivity index (χ1) is 20.5. The van der Waals surface area contributed by atoms with Gasteiger partial charge >= 0.3 is 0 Å². The summed E-state index contributed by atoms with van der Waals surface area (Å²) in [7, 11) is 3.03. The third-order valence-corrected chi connectivity index (χ3v) is 8.75. The molecule has 1 amide bonds. The number of anilines is 1. The maximum Gasteiger partial charge on any atom is 0.238 e. The fourth-order valence-corrected chi connectivity index (χ4v) is 7.02. The summed E-state index contributed by atoms with van der Waals surface area (Å²) in [5.74, 6) is -1.10. The van der Waals surface area contributed by atoms with Gasteiger partial charge in [0.25, 0.3) is 0 Å². The van der Waals surface area contributed by atoms with Crippen LogP contribution in [0, 0.1) is 5.92 Å². The van der Waals surface area contributed by atoms with Crippen molar-refractivity contribution in [2.45, 2.75) is 17.5 Å². The van der Waals surface area contributed by atoms with Crippen molar-refractivity contribution in [3.63, 3.8) is 0 Å². The molecule has 208 valence electrons. The number of fused-ring (bicyclic) bond motifs is 6. The third kappa shape index (κ3) is 3.48. The van der Waals surface area contributed by atoms with E-state index >= 15 is 0 Å². The molecule has 8 heteroatoms. The third-order valence-electron chi connectivity index (χ3n) is 8.75. The molecule has 3 aliphatic heterocycles. The summed E-state index contributed by atoms with van der Waals surface area (Å²) in [6, 6.07) is 21.9. The molecule has 3 aromatic carbocycles. The number of ketones is 2. The number of nitrogens with zero attached hydrogens (tertiary/aromatic N) is 2. The van der Waals surface area contributed by atoms with Crippen LogP contribution in [0.1, 0.15) is 43.4 Å². The van der Waals surface area contributed by atoms with Gasteiger partial charge in [-0.1, -0.05) is 42.5 Å². The largest absolute Gasteiger partial charge is 0.493 e. The lowest BCUT2D eigenvalue weighted by Crippen LogP contribution is -2.49. The summed E-state index contributed by atoms with van der Waals surface area (Å²) in [6.45, 7) is 0. The van der Waals surface area contributed by atoms with Crippen molar-refractivity contribution in [2.24, 2.45) is 5.92 Å². The Morgan fingerprint density at radius 2 is 1.60 bits per heavy atom. The van der Waals surface area contributed by atoms with Gasteiger partial charge in [0.05, 0.1) is 26.2 Å². The molecular weight excluding hydrogens is 530 g/mol. The molecule has 0 unspecified atom stereocenters. The number of hydrogen-bond donors (Lipinski definition) is 1. The summed E-state index contributed by atoms with van der Waals surface area (Å²) >= 11 is 0. The van der Waals surface area contributed by atoms with E-state index in [1.54, 1.807) is 42.7 Å². The summed E-state index contributed by atoms with van der Waals surface area (Å²) in [5.41, 5.74) is 2.49. The van der Waals surface area contributed by atoms with Gasteiger partial charge in [-0.3, -0.25) is 19.4 Å². The Hall–Kier alpha value is -5.24. The second-order valence-corrected chi connectivity index (χ2v) is 10.6. The second-order valence-electron chi connectivity index (χ2n) is 10.6. The van der Waals surface area contributed by atoms with E-state index in [1.807, 2.05) is 65.7 Å². The molecule has 42 heavy (non-hydrogen) atoms. The first-order valence-corrected chi connectivity index (χ1v) is 13.7. The number of carbonyl (C=O) groups excluding carboxylic acids is 3. The van der Waals surface area contributed by atoms with E-state index in [0.29, 0.717) is 33.9 Å². The molecule has 4 atom stereocenters. The Morgan fingerprint density at radius 3 is 2.38 bits per heavy atom. The van der Waals surface area contributed by atoms with Crippen LogP contribution >= 0.6 is 0 Å². The zero-order valence-corrected chi connectivity index (χ0v) is 23.0. The number of ether oxygens (including phenoxy) is 2. The van der Waals surface area contributed by atoms with Crippen LogP contribution in [0.25, 0.3) is 6.08 Å². The quantitative estimate of drug-likeness (QED) is 0.330. The fraction of sp³-hybridized carbons (Fsp3) is 0.176. The van der Waals surface area contributed by atoms with Crippen molar-refractivity contribution in [1.82, 2.24) is 9.88 Å². The fourth-order valence-electron chi connectivity index (χ4n) is 7.02. The van der Waals surface area contributed by atoms with Crippen LogP contribution in [0.4, 0.5) is 5.69 Å². The van der Waals surface area contributed by atoms with Gasteiger partial charge in [-0.2, -0.15) is 0 Å². The van der Waals surface area contributed by atoms with E-state index in [-0.39, 0.29) is 17.5 Å². The number of rotatable bonds is 6. The Bertz CT molecular complexity index is 1790. The van der Waals surface area contributed by atoms with Crippen molar-refractivity contribution >= 4 is 29.2 Å². The minimum Gasteiger partial charge on any atom is -0.493 e. The molecule has 4 heterocycles. The Kier molecular flexibility index (Phi) is 5.93. The zero-order valence-electron chi connectivity index (χ0n) is 23.0. The summed E-state index contributed by atoms with van der Waals surface area (Å²) < 4.78 is 10.9. The van der Waals surface area contributed by atoms with Gasteiger partial charge in [-0.25, -0.2) is 0 Å². The zero-order chi connectivity index (χ0) is 29.0. The van der Waals surface area contributed by atoms with Crippen LogP contribution in [-0.4, -0.2) is 47.6 Å². The molecule has 3 aliphatic rings. The van der Waals surface area contributed by atoms with Crippen molar-refractivity contribution in [3.05, 3.63) is 125 Å². The molecular formula is C34H27N3O5. The molecule has 1 N–H and O–H groups in total. The number of carbonyl (C=O) groups is 3. The predicted octanol–water partition coefficient (Wildman–Crippen LogP) is 5.08. The van der Waals surface area contributed by atoms with Crippen LogP contribution in [0.3, 0.4) is 0 Å². The number of hydrogen-bond acceptors (Lipinski definition) is 7. The highest BCUT2D eigenvalue weighted by molar-refractivity contribution is 6.16. The van der Waals surface area contributed by atoms with Crippen LogP contribution < -0.4 is 14.8 Å². The normalized spacial score (nSPS) is 23.1. The van der Waals surface area contributed by atoms with Crippen LogP contribution in [-0.2, 0) is 10.2 Å². The molecule has 1 aromatic heterocycles. The van der Waals surface area contributed by atoms with Gasteiger partial charge in [0, 0.05) is 35.4 Å². The van der Waals surface area contributed by atoms with Crippen LogP contribution in [0.5, 0.6) is 11.5 Å². The minimum absolute atomic E-state index is 0.300. The van der Waals surface area contributed by atoms with E-state index in [2.05, 4.69) is 10.3 Å². The maximum atomic E-state index is 14.7. The lowest BCUT2D eigenvalue weighted by atomic mass is 9.62. The first-order valence-electron chi connectivity index (χ1n) is 13.7. The van der Waals surface area contributed by atoms with Crippen molar-refractivity contribution < 1.29 is 23.9 Å². The van der Waals surface area contributed by atoms with Crippen LogP contribution in [0.15, 0.2) is 97.5 Å². The van der Waals surface area contributed by atoms with Gasteiger partial charge in [0.2, 0.25) is 5.91 Å². The molecule has 8 nitrogen and oxygen atoms in total. The van der Waals surface area contributed by atoms with Gasteiger partial charge in [0.1, 0.15) is 11.5 Å². The number of nitrogens with one attached hydrogen (secondary N) is 1. The van der Waals surface area contributed by atoms with Crippen molar-refractivity contribution in [1.29, 1.82) is 0 Å². The monoisotopic (exact) mass is 557 g/mol. The maximum absolute atomic E-state index is 14.7. The second kappa shape index (κ2) is 9.69. The standard InChI is InChI=1S/C34H27N3O5/c1-41-26-12-11-22(19-27(26)42-2)31(39)29-28(30(38)21-13-16-35-17-14-21)34(24-9-5-6-10-25(24)36-33(34)40)32-23-8-4-3-7-20(23)15-18-37(29)32/h3-19,28-29,32H,1-2H3,(H,36,40)/t28-,29-,32+,34-/m0/s1. The van der Waals surface area contributed by atoms with E-state index < -0.39 is 23.4 Å². The number of para-hydroxylation sites is 1. The van der Waals surface area contributed by atoms with Gasteiger partial charge in [0.15, 0.2) is 23.1 Å². The summed E-state index contributed by atoms with van der Waals surface area (Å²) in [5, 5.41) is 3.06. The molecule has 0 aliphatic carbocycles. The summed E-state index contributed by atoms with van der Waals surface area (Å²) in [6.07, 6.45) is 6.88. The van der Waals surface area contributed by atoms with Crippen molar-refractivity contribution in [3.8, 4) is 11.5 Å². The Morgan fingerprint density at radius 1 is 0.857 bits per heavy atom. The molecule has 1 spiro atoms. The van der Waals surface area contributed by atoms with E-state index in [1.165, 1.54) is 14.2 Å². The summed E-state index contributed by atoms with van der Waals surface area (Å²) in [4.78, 5) is 49.9. The minimum atomic E-state index is -1.39. The molecule has 1 fully saturated rings. The highest BCUT2D eigenvalue weighted by Gasteiger charge is 2.70. The van der Waals surface area contributed by atoms with Gasteiger partial charge in [-0.15, -0.1) is 0 Å². The molecule has 0 radical (unpaired) electrons. The number of amides is 1. The molecule has 7 rings (SSSR count). The first kappa shape index (κ1) is 25.7. The molecule has 1 saturated heterocycles.